The summed E-state index contributed by atoms with van der Waals surface area (Å²) in [5.41, 5.74) is 0.837. The number of benzene rings is 1. The molecule has 0 saturated heterocycles. The molecule has 0 atom stereocenters. The highest BCUT2D eigenvalue weighted by molar-refractivity contribution is 7.80. The van der Waals surface area contributed by atoms with E-state index >= 15 is 0 Å². The molecular formula is C15H22N2OS. The minimum atomic E-state index is 0.00135. The average Bonchev–Trinajstić information content (AvgIpc) is 2.87. The van der Waals surface area contributed by atoms with E-state index in [1.54, 1.807) is 0 Å². The topological polar surface area (TPSA) is 32.3 Å². The first-order chi connectivity index (χ1) is 9.03. The molecule has 0 aliphatic heterocycles. The standard InChI is InChI=1S/C15H22N2OS/c1-17(2)15(9-3-4-10-15)11-16-14(18)12-5-7-13(19)8-6-12/h5-8,19H,3-4,9-11H2,1-2H3,(H,16,18). The first-order valence-electron chi connectivity index (χ1n) is 6.78. The van der Waals surface area contributed by atoms with Crippen LogP contribution >= 0.6 is 12.6 Å². The van der Waals surface area contributed by atoms with E-state index in [4.69, 9.17) is 0 Å². The third-order valence-corrected chi connectivity index (χ3v) is 4.49. The lowest BCUT2D eigenvalue weighted by Gasteiger charge is -2.36. The highest BCUT2D eigenvalue weighted by Crippen LogP contribution is 2.33. The predicted molar refractivity (Wildman–Crippen MR) is 80.9 cm³/mol. The Bertz CT molecular complexity index is 436. The summed E-state index contributed by atoms with van der Waals surface area (Å²) in [7, 11) is 4.21. The van der Waals surface area contributed by atoms with Gasteiger partial charge in [0, 0.05) is 22.5 Å². The molecule has 1 aromatic carbocycles. The summed E-state index contributed by atoms with van der Waals surface area (Å²) in [6.45, 7) is 0.724. The quantitative estimate of drug-likeness (QED) is 0.830. The maximum Gasteiger partial charge on any atom is 0.251 e. The van der Waals surface area contributed by atoms with Gasteiger partial charge >= 0.3 is 0 Å². The van der Waals surface area contributed by atoms with Gasteiger partial charge in [-0.25, -0.2) is 0 Å². The molecule has 1 N–H and O–H groups in total. The van der Waals surface area contributed by atoms with Crippen molar-refractivity contribution in [2.75, 3.05) is 20.6 Å². The van der Waals surface area contributed by atoms with Gasteiger partial charge in [-0.2, -0.15) is 0 Å². The van der Waals surface area contributed by atoms with E-state index in [1.165, 1.54) is 12.8 Å². The molecule has 0 heterocycles. The van der Waals surface area contributed by atoms with E-state index in [-0.39, 0.29) is 11.4 Å². The van der Waals surface area contributed by atoms with Crippen molar-refractivity contribution in [3.05, 3.63) is 29.8 Å². The molecule has 19 heavy (non-hydrogen) atoms. The smallest absolute Gasteiger partial charge is 0.251 e. The number of hydrogen-bond donors (Lipinski definition) is 2. The second-order valence-corrected chi connectivity index (χ2v) is 6.07. The first-order valence-corrected chi connectivity index (χ1v) is 7.23. The molecule has 4 heteroatoms. The lowest BCUT2D eigenvalue weighted by atomic mass is 9.96. The average molecular weight is 278 g/mol. The fourth-order valence-corrected chi connectivity index (χ4v) is 2.92. The first kappa shape index (κ1) is 14.4. The fourth-order valence-electron chi connectivity index (χ4n) is 2.77. The van der Waals surface area contributed by atoms with Crippen molar-refractivity contribution in [3.63, 3.8) is 0 Å². The van der Waals surface area contributed by atoms with Gasteiger partial charge in [-0.05, 0) is 51.2 Å². The van der Waals surface area contributed by atoms with Gasteiger partial charge in [-0.15, -0.1) is 12.6 Å². The van der Waals surface area contributed by atoms with Crippen molar-refractivity contribution in [2.45, 2.75) is 36.1 Å². The number of nitrogens with zero attached hydrogens (tertiary/aromatic N) is 1. The van der Waals surface area contributed by atoms with Gasteiger partial charge in [0.15, 0.2) is 0 Å². The van der Waals surface area contributed by atoms with Crippen LogP contribution < -0.4 is 5.32 Å². The second kappa shape index (κ2) is 5.97. The van der Waals surface area contributed by atoms with Gasteiger partial charge < -0.3 is 10.2 Å². The lowest BCUT2D eigenvalue weighted by Crippen LogP contribution is -2.50. The number of thiol groups is 1. The van der Waals surface area contributed by atoms with E-state index < -0.39 is 0 Å². The molecule has 2 rings (SSSR count). The number of nitrogens with one attached hydrogen (secondary N) is 1. The zero-order valence-corrected chi connectivity index (χ0v) is 12.5. The number of likely N-dealkylation sites (N-methyl/N-ethyl adjacent to an activating group) is 1. The number of hydrogen-bond acceptors (Lipinski definition) is 3. The van der Waals surface area contributed by atoms with Crippen LogP contribution in [0.4, 0.5) is 0 Å². The molecular weight excluding hydrogens is 256 g/mol. The van der Waals surface area contributed by atoms with Gasteiger partial charge in [0.1, 0.15) is 0 Å². The summed E-state index contributed by atoms with van der Waals surface area (Å²) >= 11 is 4.23. The van der Waals surface area contributed by atoms with Crippen molar-refractivity contribution in [1.29, 1.82) is 0 Å². The highest BCUT2D eigenvalue weighted by atomic mass is 32.1. The zero-order chi connectivity index (χ0) is 13.9. The molecule has 0 aromatic heterocycles. The Labute approximate surface area is 120 Å². The van der Waals surface area contributed by atoms with Crippen molar-refractivity contribution < 1.29 is 4.79 Å². The molecule has 1 aliphatic carbocycles. The number of amides is 1. The van der Waals surface area contributed by atoms with Crippen LogP contribution in [0.2, 0.25) is 0 Å². The van der Waals surface area contributed by atoms with Crippen LogP contribution in [0.5, 0.6) is 0 Å². The molecule has 1 aliphatic rings. The van der Waals surface area contributed by atoms with Crippen LogP contribution in [-0.2, 0) is 0 Å². The Kier molecular flexibility index (Phi) is 4.53. The zero-order valence-electron chi connectivity index (χ0n) is 11.6. The summed E-state index contributed by atoms with van der Waals surface area (Å²) in [6, 6.07) is 7.31. The van der Waals surface area contributed by atoms with Gasteiger partial charge in [0.25, 0.3) is 5.91 Å². The van der Waals surface area contributed by atoms with Gasteiger partial charge in [-0.1, -0.05) is 12.8 Å². The molecule has 3 nitrogen and oxygen atoms in total. The Morgan fingerprint density at radius 3 is 2.37 bits per heavy atom. The van der Waals surface area contributed by atoms with E-state index in [0.717, 1.165) is 24.3 Å². The van der Waals surface area contributed by atoms with Crippen LogP contribution in [0, 0.1) is 0 Å². The lowest BCUT2D eigenvalue weighted by molar-refractivity contribution is 0.0900. The van der Waals surface area contributed by atoms with Crippen molar-refractivity contribution in [2.24, 2.45) is 0 Å². The SMILES string of the molecule is CN(C)C1(CNC(=O)c2ccc(S)cc2)CCCC1. The summed E-state index contributed by atoms with van der Waals surface area (Å²) in [6.07, 6.45) is 4.83. The molecule has 1 aromatic rings. The highest BCUT2D eigenvalue weighted by Gasteiger charge is 2.36. The molecule has 1 fully saturated rings. The monoisotopic (exact) mass is 278 g/mol. The molecule has 0 radical (unpaired) electrons. The summed E-state index contributed by atoms with van der Waals surface area (Å²) in [5, 5.41) is 3.08. The fraction of sp³-hybridized carbons (Fsp3) is 0.533. The second-order valence-electron chi connectivity index (χ2n) is 5.56. The van der Waals surface area contributed by atoms with Gasteiger partial charge in [0.05, 0.1) is 0 Å². The maximum atomic E-state index is 12.1. The van der Waals surface area contributed by atoms with Crippen LogP contribution in [-0.4, -0.2) is 37.0 Å². The largest absolute Gasteiger partial charge is 0.350 e. The van der Waals surface area contributed by atoms with Crippen LogP contribution in [0.3, 0.4) is 0 Å². The van der Waals surface area contributed by atoms with E-state index in [0.29, 0.717) is 5.56 Å². The van der Waals surface area contributed by atoms with Gasteiger partial charge in [0.2, 0.25) is 0 Å². The van der Waals surface area contributed by atoms with E-state index in [2.05, 4.69) is 36.9 Å². The maximum absolute atomic E-state index is 12.1. The van der Waals surface area contributed by atoms with Crippen LogP contribution in [0.15, 0.2) is 29.2 Å². The third kappa shape index (κ3) is 3.31. The Morgan fingerprint density at radius 2 is 1.84 bits per heavy atom. The molecule has 0 unspecified atom stereocenters. The molecule has 0 bridgehead atoms. The summed E-state index contributed by atoms with van der Waals surface area (Å²) in [4.78, 5) is 15.3. The number of carbonyl (C=O) groups is 1. The van der Waals surface area contributed by atoms with Crippen LogP contribution in [0.1, 0.15) is 36.0 Å². The summed E-state index contributed by atoms with van der Waals surface area (Å²) < 4.78 is 0. The Morgan fingerprint density at radius 1 is 1.26 bits per heavy atom. The minimum absolute atomic E-state index is 0.00135. The van der Waals surface area contributed by atoms with E-state index in [9.17, 15) is 4.79 Å². The predicted octanol–water partition coefficient (Wildman–Crippen LogP) is 2.58. The Balaban J connectivity index is 1.97. The van der Waals surface area contributed by atoms with Gasteiger partial charge in [-0.3, -0.25) is 4.79 Å². The minimum Gasteiger partial charge on any atom is -0.350 e. The van der Waals surface area contributed by atoms with Crippen molar-refractivity contribution in [1.82, 2.24) is 10.2 Å². The number of rotatable bonds is 4. The molecule has 0 spiro atoms. The molecule has 104 valence electrons. The summed E-state index contributed by atoms with van der Waals surface area (Å²) in [5.74, 6) is 0.00135. The van der Waals surface area contributed by atoms with Crippen LogP contribution in [0.25, 0.3) is 0 Å². The molecule has 1 saturated carbocycles. The third-order valence-electron chi connectivity index (χ3n) is 4.19. The Hall–Kier alpha value is -1.00. The van der Waals surface area contributed by atoms with Crippen molar-refractivity contribution in [3.8, 4) is 0 Å². The van der Waals surface area contributed by atoms with Crippen molar-refractivity contribution >= 4 is 18.5 Å². The molecule has 1 amide bonds. The number of carbonyl (C=O) groups excluding carboxylic acids is 1. The normalized spacial score (nSPS) is 17.7. The van der Waals surface area contributed by atoms with E-state index in [1.807, 2.05) is 24.3 Å².